The number of hydrogen-bond donors (Lipinski definition) is 1. The number of nitrogens with zero attached hydrogens (tertiary/aromatic N) is 4. The summed E-state index contributed by atoms with van der Waals surface area (Å²) in [5.74, 6) is 0.831. The van der Waals surface area contributed by atoms with Crippen LogP contribution in [0.25, 0.3) is 0 Å². The van der Waals surface area contributed by atoms with Crippen LogP contribution in [-0.2, 0) is 11.8 Å². The quantitative estimate of drug-likeness (QED) is 0.784. The molecule has 0 fully saturated rings. The van der Waals surface area contributed by atoms with Gasteiger partial charge in [-0.3, -0.25) is 10.1 Å². The van der Waals surface area contributed by atoms with E-state index in [1.807, 2.05) is 48.5 Å². The van der Waals surface area contributed by atoms with Gasteiger partial charge in [0.05, 0.1) is 13.0 Å². The fourth-order valence-electron chi connectivity index (χ4n) is 2.71. The number of ether oxygens (including phenoxy) is 1. The van der Waals surface area contributed by atoms with Crippen LogP contribution in [0.1, 0.15) is 17.0 Å². The molecule has 23 heavy (non-hydrogen) atoms. The first-order valence-corrected chi connectivity index (χ1v) is 7.13. The zero-order chi connectivity index (χ0) is 15.8. The SMILES string of the molecule is Cn1nnc(NC(=O)C2c3ccccc3Oc3ccccc32)n1. The highest BCUT2D eigenvalue weighted by Crippen LogP contribution is 2.44. The molecule has 1 amide bonds. The average molecular weight is 307 g/mol. The van der Waals surface area contributed by atoms with E-state index < -0.39 is 5.92 Å². The maximum absolute atomic E-state index is 12.8. The van der Waals surface area contributed by atoms with Crippen molar-refractivity contribution in [1.82, 2.24) is 20.2 Å². The van der Waals surface area contributed by atoms with Crippen LogP contribution in [0, 0.1) is 0 Å². The van der Waals surface area contributed by atoms with E-state index in [1.165, 1.54) is 4.80 Å². The third-order valence-corrected chi connectivity index (χ3v) is 3.69. The Morgan fingerprint density at radius 2 is 1.70 bits per heavy atom. The fourth-order valence-corrected chi connectivity index (χ4v) is 2.71. The monoisotopic (exact) mass is 307 g/mol. The molecule has 0 aliphatic carbocycles. The fraction of sp³-hybridized carbons (Fsp3) is 0.125. The number of amides is 1. The van der Waals surface area contributed by atoms with E-state index in [0.717, 1.165) is 11.1 Å². The van der Waals surface area contributed by atoms with E-state index in [1.54, 1.807) is 7.05 Å². The van der Waals surface area contributed by atoms with Crippen molar-refractivity contribution in [1.29, 1.82) is 0 Å². The number of benzene rings is 2. The highest BCUT2D eigenvalue weighted by molar-refractivity contribution is 5.98. The van der Waals surface area contributed by atoms with Gasteiger partial charge in [-0.15, -0.1) is 5.10 Å². The second-order valence-corrected chi connectivity index (χ2v) is 5.20. The topological polar surface area (TPSA) is 81.9 Å². The Labute approximate surface area is 131 Å². The van der Waals surface area contributed by atoms with Gasteiger partial charge in [0.1, 0.15) is 11.5 Å². The number of aromatic nitrogens is 4. The number of tetrazole rings is 1. The predicted octanol–water partition coefficient (Wildman–Crippen LogP) is 2.09. The molecule has 7 nitrogen and oxygen atoms in total. The molecule has 2 heterocycles. The maximum atomic E-state index is 12.8. The molecule has 0 spiro atoms. The van der Waals surface area contributed by atoms with Crippen molar-refractivity contribution in [2.45, 2.75) is 5.92 Å². The van der Waals surface area contributed by atoms with Crippen molar-refractivity contribution < 1.29 is 9.53 Å². The Kier molecular flexibility index (Phi) is 3.04. The predicted molar refractivity (Wildman–Crippen MR) is 82.2 cm³/mol. The lowest BCUT2D eigenvalue weighted by molar-refractivity contribution is -0.116. The Bertz CT molecular complexity index is 844. The molecular formula is C16H13N5O2. The van der Waals surface area contributed by atoms with Crippen LogP contribution >= 0.6 is 0 Å². The number of para-hydroxylation sites is 2. The van der Waals surface area contributed by atoms with Gasteiger partial charge in [0.2, 0.25) is 5.91 Å². The summed E-state index contributed by atoms with van der Waals surface area (Å²) < 4.78 is 5.88. The van der Waals surface area contributed by atoms with Crippen molar-refractivity contribution in [2.75, 3.05) is 5.32 Å². The summed E-state index contributed by atoms with van der Waals surface area (Å²) in [7, 11) is 1.64. The van der Waals surface area contributed by atoms with Crippen molar-refractivity contribution in [3.8, 4) is 11.5 Å². The number of hydrogen-bond acceptors (Lipinski definition) is 5. The first kappa shape index (κ1) is 13.4. The van der Waals surface area contributed by atoms with Gasteiger partial charge in [-0.1, -0.05) is 41.5 Å². The molecule has 7 heteroatoms. The number of carbonyl (C=O) groups is 1. The van der Waals surface area contributed by atoms with Gasteiger partial charge >= 0.3 is 0 Å². The standard InChI is InChI=1S/C16H13N5O2/c1-21-19-16(18-20-21)17-15(22)14-10-6-2-4-8-12(10)23-13-9-5-3-7-11(13)14/h2-9,14H,1H3,(H,17,19,22). The summed E-state index contributed by atoms with van der Waals surface area (Å²) in [6.07, 6.45) is 0. The van der Waals surface area contributed by atoms with Crippen LogP contribution in [-0.4, -0.2) is 26.1 Å². The summed E-state index contributed by atoms with van der Waals surface area (Å²) >= 11 is 0. The number of anilines is 1. The number of aryl methyl sites for hydroxylation is 1. The Morgan fingerprint density at radius 3 is 2.26 bits per heavy atom. The molecule has 0 atom stereocenters. The van der Waals surface area contributed by atoms with Gasteiger partial charge in [0.15, 0.2) is 0 Å². The van der Waals surface area contributed by atoms with Crippen LogP contribution in [0.2, 0.25) is 0 Å². The molecule has 1 aromatic heterocycles. The van der Waals surface area contributed by atoms with E-state index in [-0.39, 0.29) is 11.9 Å². The molecular weight excluding hydrogens is 294 g/mol. The minimum Gasteiger partial charge on any atom is -0.457 e. The molecule has 1 aliphatic rings. The van der Waals surface area contributed by atoms with Gasteiger partial charge < -0.3 is 4.74 Å². The number of carbonyl (C=O) groups excluding carboxylic acids is 1. The van der Waals surface area contributed by atoms with Crippen molar-refractivity contribution in [3.05, 3.63) is 59.7 Å². The number of fused-ring (bicyclic) bond motifs is 2. The summed E-state index contributed by atoms with van der Waals surface area (Å²) in [5, 5.41) is 14.2. The molecule has 0 unspecified atom stereocenters. The third kappa shape index (κ3) is 2.32. The highest BCUT2D eigenvalue weighted by atomic mass is 16.5. The zero-order valence-corrected chi connectivity index (χ0v) is 12.3. The zero-order valence-electron chi connectivity index (χ0n) is 12.3. The van der Waals surface area contributed by atoms with Crippen LogP contribution in [0.5, 0.6) is 11.5 Å². The molecule has 0 saturated carbocycles. The average Bonchev–Trinajstić information content (AvgIpc) is 2.97. The minimum absolute atomic E-state index is 0.180. The van der Waals surface area contributed by atoms with E-state index >= 15 is 0 Å². The van der Waals surface area contributed by atoms with E-state index in [9.17, 15) is 4.79 Å². The molecule has 0 saturated heterocycles. The van der Waals surface area contributed by atoms with Crippen molar-refractivity contribution >= 4 is 11.9 Å². The molecule has 114 valence electrons. The van der Waals surface area contributed by atoms with Gasteiger partial charge in [0, 0.05) is 11.1 Å². The first-order valence-electron chi connectivity index (χ1n) is 7.13. The Hall–Kier alpha value is -3.22. The largest absolute Gasteiger partial charge is 0.457 e. The molecule has 0 radical (unpaired) electrons. The lowest BCUT2D eigenvalue weighted by Gasteiger charge is -2.26. The van der Waals surface area contributed by atoms with Crippen LogP contribution in [0.4, 0.5) is 5.95 Å². The van der Waals surface area contributed by atoms with E-state index in [0.29, 0.717) is 11.5 Å². The lowest BCUT2D eigenvalue weighted by atomic mass is 9.87. The molecule has 1 N–H and O–H groups in total. The molecule has 4 rings (SSSR count). The molecule has 3 aromatic rings. The van der Waals surface area contributed by atoms with Crippen LogP contribution in [0.3, 0.4) is 0 Å². The second-order valence-electron chi connectivity index (χ2n) is 5.20. The number of rotatable bonds is 2. The molecule has 0 bridgehead atoms. The number of nitrogens with one attached hydrogen (secondary N) is 1. The minimum atomic E-state index is -0.486. The van der Waals surface area contributed by atoms with Gasteiger partial charge in [-0.25, -0.2) is 0 Å². The van der Waals surface area contributed by atoms with E-state index in [2.05, 4.69) is 20.7 Å². The normalized spacial score (nSPS) is 12.9. The Morgan fingerprint density at radius 1 is 1.09 bits per heavy atom. The second kappa shape index (κ2) is 5.20. The molecule has 1 aliphatic heterocycles. The van der Waals surface area contributed by atoms with Crippen molar-refractivity contribution in [3.63, 3.8) is 0 Å². The first-order chi connectivity index (χ1) is 11.2. The third-order valence-electron chi connectivity index (χ3n) is 3.69. The van der Waals surface area contributed by atoms with Crippen LogP contribution < -0.4 is 10.1 Å². The van der Waals surface area contributed by atoms with Crippen LogP contribution in [0.15, 0.2) is 48.5 Å². The lowest BCUT2D eigenvalue weighted by Crippen LogP contribution is -2.25. The van der Waals surface area contributed by atoms with Crippen molar-refractivity contribution in [2.24, 2.45) is 7.05 Å². The summed E-state index contributed by atoms with van der Waals surface area (Å²) in [6, 6.07) is 15.0. The maximum Gasteiger partial charge on any atom is 0.270 e. The summed E-state index contributed by atoms with van der Waals surface area (Å²) in [5.41, 5.74) is 1.63. The summed E-state index contributed by atoms with van der Waals surface area (Å²) in [4.78, 5) is 14.1. The van der Waals surface area contributed by atoms with Gasteiger partial charge in [0.25, 0.3) is 5.95 Å². The van der Waals surface area contributed by atoms with Gasteiger partial charge in [-0.2, -0.15) is 4.80 Å². The smallest absolute Gasteiger partial charge is 0.270 e. The Balaban J connectivity index is 1.76. The molecule has 2 aromatic carbocycles. The highest BCUT2D eigenvalue weighted by Gasteiger charge is 2.32. The van der Waals surface area contributed by atoms with Gasteiger partial charge in [-0.05, 0) is 17.3 Å². The summed E-state index contributed by atoms with van der Waals surface area (Å²) in [6.45, 7) is 0. The van der Waals surface area contributed by atoms with E-state index in [4.69, 9.17) is 4.74 Å².